The van der Waals surface area contributed by atoms with Gasteiger partial charge in [-0.25, -0.2) is 0 Å². The Kier molecular flexibility index (Phi) is 2.89. The number of ether oxygens (including phenoxy) is 1. The first-order valence-corrected chi connectivity index (χ1v) is 5.69. The molecule has 1 heterocycles. The summed E-state index contributed by atoms with van der Waals surface area (Å²) in [6, 6.07) is 0. The highest BCUT2D eigenvalue weighted by molar-refractivity contribution is 4.94. The van der Waals surface area contributed by atoms with Gasteiger partial charge in [-0.3, -0.25) is 0 Å². The maximum absolute atomic E-state index is 5.88. The first-order valence-electron chi connectivity index (χ1n) is 5.69. The molecule has 0 aromatic rings. The van der Waals surface area contributed by atoms with E-state index in [2.05, 4.69) is 12.2 Å². The lowest BCUT2D eigenvalue weighted by Crippen LogP contribution is -2.47. The van der Waals surface area contributed by atoms with Crippen molar-refractivity contribution in [3.05, 3.63) is 0 Å². The van der Waals surface area contributed by atoms with Gasteiger partial charge in [0.05, 0.1) is 5.60 Å². The molecule has 2 rings (SSSR count). The fraction of sp³-hybridized carbons (Fsp3) is 1.00. The largest absolute Gasteiger partial charge is 0.375 e. The molecule has 2 nitrogen and oxygen atoms in total. The minimum absolute atomic E-state index is 0.332. The molecule has 2 aliphatic rings. The molecule has 1 spiro atoms. The topological polar surface area (TPSA) is 21.3 Å². The summed E-state index contributed by atoms with van der Waals surface area (Å²) >= 11 is 0. The normalized spacial score (nSPS) is 31.6. The zero-order valence-electron chi connectivity index (χ0n) is 8.64. The maximum atomic E-state index is 5.88. The highest BCUT2D eigenvalue weighted by Crippen LogP contribution is 2.43. The van der Waals surface area contributed by atoms with Crippen LogP contribution in [0, 0.1) is 5.92 Å². The molecule has 0 aromatic carbocycles. The van der Waals surface area contributed by atoms with E-state index in [1.807, 2.05) is 0 Å². The molecular formula is C11H21NO. The van der Waals surface area contributed by atoms with Crippen molar-refractivity contribution in [2.45, 2.75) is 44.6 Å². The Morgan fingerprint density at radius 2 is 2.31 bits per heavy atom. The molecule has 1 saturated heterocycles. The van der Waals surface area contributed by atoms with E-state index in [9.17, 15) is 0 Å². The Labute approximate surface area is 81.0 Å². The molecule has 0 radical (unpaired) electrons. The Morgan fingerprint density at radius 1 is 1.46 bits per heavy atom. The lowest BCUT2D eigenvalue weighted by atomic mass is 9.72. The molecule has 0 bridgehead atoms. The second-order valence-electron chi connectivity index (χ2n) is 4.55. The second-order valence-corrected chi connectivity index (χ2v) is 4.55. The summed E-state index contributed by atoms with van der Waals surface area (Å²) in [5.41, 5.74) is 0.332. The van der Waals surface area contributed by atoms with Crippen LogP contribution in [0.15, 0.2) is 0 Å². The molecule has 1 N–H and O–H groups in total. The van der Waals surface area contributed by atoms with Crippen LogP contribution in [-0.4, -0.2) is 25.3 Å². The van der Waals surface area contributed by atoms with E-state index in [1.165, 1.54) is 38.6 Å². The van der Waals surface area contributed by atoms with Crippen LogP contribution in [0.2, 0.25) is 0 Å². The average Bonchev–Trinajstić information content (AvgIpc) is 2.13. The van der Waals surface area contributed by atoms with Crippen molar-refractivity contribution in [3.8, 4) is 0 Å². The van der Waals surface area contributed by atoms with Crippen LogP contribution >= 0.6 is 0 Å². The third-order valence-corrected chi connectivity index (χ3v) is 3.54. The number of rotatable bonds is 3. The van der Waals surface area contributed by atoms with Crippen molar-refractivity contribution >= 4 is 0 Å². The maximum Gasteiger partial charge on any atom is 0.0685 e. The summed E-state index contributed by atoms with van der Waals surface area (Å²) in [6.45, 7) is 5.47. The van der Waals surface area contributed by atoms with Gasteiger partial charge in [0.25, 0.3) is 0 Å². The zero-order chi connectivity index (χ0) is 9.15. The van der Waals surface area contributed by atoms with E-state index >= 15 is 0 Å². The molecule has 0 aromatic heterocycles. The van der Waals surface area contributed by atoms with Gasteiger partial charge in [0, 0.05) is 6.61 Å². The summed E-state index contributed by atoms with van der Waals surface area (Å²) < 4.78 is 5.88. The third kappa shape index (κ3) is 2.05. The fourth-order valence-corrected chi connectivity index (χ4v) is 2.57. The SMILES string of the molecule is CCNCC1CCOC2(CCC2)C1. The molecule has 2 heteroatoms. The van der Waals surface area contributed by atoms with E-state index in [-0.39, 0.29) is 0 Å². The Balaban J connectivity index is 1.78. The molecule has 13 heavy (non-hydrogen) atoms. The van der Waals surface area contributed by atoms with Crippen LogP contribution in [-0.2, 0) is 4.74 Å². The van der Waals surface area contributed by atoms with Gasteiger partial charge < -0.3 is 10.1 Å². The minimum Gasteiger partial charge on any atom is -0.375 e. The van der Waals surface area contributed by atoms with Crippen molar-refractivity contribution in [1.29, 1.82) is 0 Å². The van der Waals surface area contributed by atoms with Crippen molar-refractivity contribution < 1.29 is 4.74 Å². The summed E-state index contributed by atoms with van der Waals surface area (Å²) in [7, 11) is 0. The Morgan fingerprint density at radius 3 is 2.92 bits per heavy atom. The molecule has 1 atom stereocenters. The van der Waals surface area contributed by atoms with Crippen LogP contribution in [0.3, 0.4) is 0 Å². The molecular weight excluding hydrogens is 162 g/mol. The molecule has 1 saturated carbocycles. The van der Waals surface area contributed by atoms with Gasteiger partial charge in [-0.2, -0.15) is 0 Å². The summed E-state index contributed by atoms with van der Waals surface area (Å²) in [5, 5.41) is 3.45. The average molecular weight is 183 g/mol. The van der Waals surface area contributed by atoms with E-state index in [1.54, 1.807) is 0 Å². The van der Waals surface area contributed by atoms with Gasteiger partial charge in [0.2, 0.25) is 0 Å². The highest BCUT2D eigenvalue weighted by Gasteiger charge is 2.42. The minimum atomic E-state index is 0.332. The number of hydrogen-bond donors (Lipinski definition) is 1. The highest BCUT2D eigenvalue weighted by atomic mass is 16.5. The lowest BCUT2D eigenvalue weighted by molar-refractivity contribution is -0.142. The van der Waals surface area contributed by atoms with Crippen molar-refractivity contribution in [1.82, 2.24) is 5.32 Å². The van der Waals surface area contributed by atoms with Gasteiger partial charge in [0.15, 0.2) is 0 Å². The lowest BCUT2D eigenvalue weighted by Gasteiger charge is -2.47. The van der Waals surface area contributed by atoms with Gasteiger partial charge >= 0.3 is 0 Å². The van der Waals surface area contributed by atoms with Gasteiger partial charge in [-0.1, -0.05) is 6.92 Å². The fourth-order valence-electron chi connectivity index (χ4n) is 2.57. The molecule has 0 amide bonds. The molecule has 2 fully saturated rings. The predicted molar refractivity (Wildman–Crippen MR) is 53.8 cm³/mol. The van der Waals surface area contributed by atoms with Gasteiger partial charge in [0.1, 0.15) is 0 Å². The van der Waals surface area contributed by atoms with E-state index in [4.69, 9.17) is 4.74 Å². The number of hydrogen-bond acceptors (Lipinski definition) is 2. The third-order valence-electron chi connectivity index (χ3n) is 3.54. The second kappa shape index (κ2) is 3.97. The molecule has 1 unspecified atom stereocenters. The summed E-state index contributed by atoms with van der Waals surface area (Å²) in [4.78, 5) is 0. The Bertz CT molecular complexity index is 165. The summed E-state index contributed by atoms with van der Waals surface area (Å²) in [6.07, 6.45) is 6.58. The van der Waals surface area contributed by atoms with Crippen LogP contribution < -0.4 is 5.32 Å². The first kappa shape index (κ1) is 9.47. The van der Waals surface area contributed by atoms with E-state index in [0.717, 1.165) is 19.1 Å². The van der Waals surface area contributed by atoms with E-state index < -0.39 is 0 Å². The predicted octanol–water partition coefficient (Wildman–Crippen LogP) is 1.95. The van der Waals surface area contributed by atoms with Gasteiger partial charge in [-0.15, -0.1) is 0 Å². The molecule has 76 valence electrons. The van der Waals surface area contributed by atoms with Crippen LogP contribution in [0.1, 0.15) is 39.0 Å². The van der Waals surface area contributed by atoms with E-state index in [0.29, 0.717) is 5.60 Å². The zero-order valence-corrected chi connectivity index (χ0v) is 8.64. The number of nitrogens with one attached hydrogen (secondary N) is 1. The smallest absolute Gasteiger partial charge is 0.0685 e. The quantitative estimate of drug-likeness (QED) is 0.722. The van der Waals surface area contributed by atoms with Crippen LogP contribution in [0.4, 0.5) is 0 Å². The van der Waals surface area contributed by atoms with Crippen LogP contribution in [0.5, 0.6) is 0 Å². The molecule has 1 aliphatic carbocycles. The Hall–Kier alpha value is -0.0800. The van der Waals surface area contributed by atoms with Crippen LogP contribution in [0.25, 0.3) is 0 Å². The standard InChI is InChI=1S/C11H21NO/c1-2-12-9-10-4-7-13-11(8-10)5-3-6-11/h10,12H,2-9H2,1H3. The van der Waals surface area contributed by atoms with Gasteiger partial charge in [-0.05, 0) is 51.1 Å². The van der Waals surface area contributed by atoms with Crippen molar-refractivity contribution in [2.75, 3.05) is 19.7 Å². The monoisotopic (exact) mass is 183 g/mol. The summed E-state index contributed by atoms with van der Waals surface area (Å²) in [5.74, 6) is 0.869. The van der Waals surface area contributed by atoms with Crippen molar-refractivity contribution in [3.63, 3.8) is 0 Å². The first-order chi connectivity index (χ1) is 6.35. The molecule has 1 aliphatic heterocycles. The van der Waals surface area contributed by atoms with Crippen molar-refractivity contribution in [2.24, 2.45) is 5.92 Å².